The van der Waals surface area contributed by atoms with E-state index in [9.17, 15) is 4.79 Å². The number of para-hydroxylation sites is 1. The Morgan fingerprint density at radius 1 is 1.25 bits per heavy atom. The molecule has 0 saturated carbocycles. The third-order valence-corrected chi connectivity index (χ3v) is 3.70. The number of hydrogen-bond donors (Lipinski definition) is 1. The SMILES string of the molecule is CC(C1C(=O)Nc2ccccc21)C(C)(C)C. The molecule has 86 valence electrons. The zero-order chi connectivity index (χ0) is 11.9. The molecule has 1 amide bonds. The Kier molecular flexibility index (Phi) is 2.53. The Bertz CT molecular complexity index is 417. The van der Waals surface area contributed by atoms with Crippen molar-refractivity contribution in [3.63, 3.8) is 0 Å². The minimum Gasteiger partial charge on any atom is -0.325 e. The predicted molar refractivity (Wildman–Crippen MR) is 66.4 cm³/mol. The average Bonchev–Trinajstić information content (AvgIpc) is 2.51. The Hall–Kier alpha value is -1.31. The third kappa shape index (κ3) is 1.73. The first-order valence-electron chi connectivity index (χ1n) is 5.81. The first kappa shape index (κ1) is 11.2. The zero-order valence-corrected chi connectivity index (χ0v) is 10.4. The number of fused-ring (bicyclic) bond motifs is 1. The molecule has 2 rings (SSSR count). The summed E-state index contributed by atoms with van der Waals surface area (Å²) in [7, 11) is 0. The van der Waals surface area contributed by atoms with Gasteiger partial charge in [-0.1, -0.05) is 45.9 Å². The summed E-state index contributed by atoms with van der Waals surface area (Å²) >= 11 is 0. The van der Waals surface area contributed by atoms with E-state index < -0.39 is 0 Å². The molecule has 0 aliphatic carbocycles. The number of hydrogen-bond acceptors (Lipinski definition) is 1. The van der Waals surface area contributed by atoms with Crippen molar-refractivity contribution in [1.82, 2.24) is 0 Å². The topological polar surface area (TPSA) is 29.1 Å². The maximum atomic E-state index is 12.0. The van der Waals surface area contributed by atoms with Crippen molar-refractivity contribution in [2.75, 3.05) is 5.32 Å². The van der Waals surface area contributed by atoms with Crippen LogP contribution in [0.4, 0.5) is 5.69 Å². The van der Waals surface area contributed by atoms with Gasteiger partial charge < -0.3 is 5.32 Å². The van der Waals surface area contributed by atoms with Crippen molar-refractivity contribution in [2.45, 2.75) is 33.6 Å². The lowest BCUT2D eigenvalue weighted by Crippen LogP contribution is -2.28. The monoisotopic (exact) mass is 217 g/mol. The molecule has 1 aliphatic rings. The van der Waals surface area contributed by atoms with Gasteiger partial charge in [-0.15, -0.1) is 0 Å². The molecular formula is C14H19NO. The van der Waals surface area contributed by atoms with Crippen molar-refractivity contribution in [3.8, 4) is 0 Å². The van der Waals surface area contributed by atoms with E-state index in [2.05, 4.69) is 39.1 Å². The minimum absolute atomic E-state index is 0.00352. The molecule has 0 bridgehead atoms. The van der Waals surface area contributed by atoms with E-state index in [0.717, 1.165) is 11.3 Å². The second-order valence-corrected chi connectivity index (χ2v) is 5.71. The lowest BCUT2D eigenvalue weighted by atomic mass is 9.72. The quantitative estimate of drug-likeness (QED) is 0.767. The highest BCUT2D eigenvalue weighted by atomic mass is 16.2. The highest BCUT2D eigenvalue weighted by Gasteiger charge is 2.39. The van der Waals surface area contributed by atoms with Crippen LogP contribution in [0.2, 0.25) is 0 Å². The Labute approximate surface area is 97.1 Å². The van der Waals surface area contributed by atoms with Crippen LogP contribution < -0.4 is 5.32 Å². The van der Waals surface area contributed by atoms with E-state index in [1.165, 1.54) is 0 Å². The fourth-order valence-corrected chi connectivity index (χ4v) is 2.23. The van der Waals surface area contributed by atoms with E-state index in [0.29, 0.717) is 5.92 Å². The number of benzene rings is 1. The summed E-state index contributed by atoms with van der Waals surface area (Å²) in [4.78, 5) is 12.0. The lowest BCUT2D eigenvalue weighted by Gasteiger charge is -2.31. The van der Waals surface area contributed by atoms with Gasteiger partial charge in [0.1, 0.15) is 0 Å². The van der Waals surface area contributed by atoms with Gasteiger partial charge in [0, 0.05) is 5.69 Å². The van der Waals surface area contributed by atoms with Crippen molar-refractivity contribution in [3.05, 3.63) is 29.8 Å². The Morgan fingerprint density at radius 3 is 2.50 bits per heavy atom. The Balaban J connectivity index is 2.40. The first-order valence-corrected chi connectivity index (χ1v) is 5.81. The number of amides is 1. The molecule has 2 nitrogen and oxygen atoms in total. The molecule has 1 aromatic rings. The van der Waals surface area contributed by atoms with Crippen LogP contribution in [0, 0.1) is 11.3 Å². The standard InChI is InChI=1S/C14H19NO/c1-9(14(2,3)4)12-10-7-5-6-8-11(10)15-13(12)16/h5-9,12H,1-4H3,(H,15,16). The molecule has 1 N–H and O–H groups in total. The van der Waals surface area contributed by atoms with Gasteiger partial charge in [0.05, 0.1) is 5.92 Å². The molecule has 1 aliphatic heterocycles. The van der Waals surface area contributed by atoms with Crippen LogP contribution in [0.5, 0.6) is 0 Å². The third-order valence-electron chi connectivity index (χ3n) is 3.70. The summed E-state index contributed by atoms with van der Waals surface area (Å²) in [6, 6.07) is 7.99. The molecule has 16 heavy (non-hydrogen) atoms. The molecule has 1 heterocycles. The van der Waals surface area contributed by atoms with Gasteiger partial charge in [0.2, 0.25) is 5.91 Å². The first-order chi connectivity index (χ1) is 7.41. The van der Waals surface area contributed by atoms with Crippen LogP contribution in [0.15, 0.2) is 24.3 Å². The molecule has 0 fully saturated rings. The van der Waals surface area contributed by atoms with Crippen molar-refractivity contribution in [1.29, 1.82) is 0 Å². The fraction of sp³-hybridized carbons (Fsp3) is 0.500. The van der Waals surface area contributed by atoms with Crippen LogP contribution in [-0.2, 0) is 4.79 Å². The molecular weight excluding hydrogens is 198 g/mol. The van der Waals surface area contributed by atoms with Gasteiger partial charge in [-0.25, -0.2) is 0 Å². The van der Waals surface area contributed by atoms with E-state index in [1.807, 2.05) is 18.2 Å². The largest absolute Gasteiger partial charge is 0.325 e. The van der Waals surface area contributed by atoms with Crippen molar-refractivity contribution >= 4 is 11.6 Å². The predicted octanol–water partition coefficient (Wildman–Crippen LogP) is 3.40. The highest BCUT2D eigenvalue weighted by Crippen LogP contribution is 2.43. The van der Waals surface area contributed by atoms with Gasteiger partial charge >= 0.3 is 0 Å². The van der Waals surface area contributed by atoms with E-state index in [1.54, 1.807) is 0 Å². The maximum Gasteiger partial charge on any atom is 0.232 e. The summed E-state index contributed by atoms with van der Waals surface area (Å²) in [5.74, 6) is 0.468. The summed E-state index contributed by atoms with van der Waals surface area (Å²) in [6.07, 6.45) is 0. The van der Waals surface area contributed by atoms with Crippen molar-refractivity contribution < 1.29 is 4.79 Å². The summed E-state index contributed by atoms with van der Waals surface area (Å²) < 4.78 is 0. The molecule has 1 aromatic carbocycles. The van der Waals surface area contributed by atoms with E-state index >= 15 is 0 Å². The molecule has 2 atom stereocenters. The second-order valence-electron chi connectivity index (χ2n) is 5.71. The number of carbonyl (C=O) groups is 1. The smallest absolute Gasteiger partial charge is 0.232 e. The van der Waals surface area contributed by atoms with Crippen LogP contribution in [0.25, 0.3) is 0 Å². The molecule has 0 spiro atoms. The Morgan fingerprint density at radius 2 is 1.88 bits per heavy atom. The molecule has 2 heteroatoms. The van der Waals surface area contributed by atoms with Crippen LogP contribution in [0.1, 0.15) is 39.2 Å². The summed E-state index contributed by atoms with van der Waals surface area (Å²) in [5, 5.41) is 2.96. The molecule has 0 radical (unpaired) electrons. The average molecular weight is 217 g/mol. The van der Waals surface area contributed by atoms with E-state index in [4.69, 9.17) is 0 Å². The number of carbonyl (C=O) groups excluding carboxylic acids is 1. The van der Waals surface area contributed by atoms with Crippen LogP contribution in [-0.4, -0.2) is 5.91 Å². The van der Waals surface area contributed by atoms with Gasteiger partial charge in [-0.3, -0.25) is 4.79 Å². The fourth-order valence-electron chi connectivity index (χ4n) is 2.23. The highest BCUT2D eigenvalue weighted by molar-refractivity contribution is 6.03. The molecule has 0 aromatic heterocycles. The van der Waals surface area contributed by atoms with Gasteiger partial charge in [0.15, 0.2) is 0 Å². The number of nitrogens with one attached hydrogen (secondary N) is 1. The maximum absolute atomic E-state index is 12.0. The van der Waals surface area contributed by atoms with Gasteiger partial charge in [0.25, 0.3) is 0 Å². The minimum atomic E-state index is -0.00352. The molecule has 0 saturated heterocycles. The van der Waals surface area contributed by atoms with Crippen molar-refractivity contribution in [2.24, 2.45) is 11.3 Å². The zero-order valence-electron chi connectivity index (χ0n) is 10.4. The molecule has 2 unspecified atom stereocenters. The summed E-state index contributed by atoms with van der Waals surface area (Å²) in [6.45, 7) is 8.72. The summed E-state index contributed by atoms with van der Waals surface area (Å²) in [5.41, 5.74) is 2.27. The van der Waals surface area contributed by atoms with E-state index in [-0.39, 0.29) is 17.2 Å². The number of anilines is 1. The normalized spacial score (nSPS) is 21.5. The second kappa shape index (κ2) is 3.62. The van der Waals surface area contributed by atoms with Crippen LogP contribution in [0.3, 0.4) is 0 Å². The lowest BCUT2D eigenvalue weighted by molar-refractivity contribution is -0.118. The number of rotatable bonds is 1. The van der Waals surface area contributed by atoms with Gasteiger partial charge in [-0.2, -0.15) is 0 Å². The van der Waals surface area contributed by atoms with Gasteiger partial charge in [-0.05, 0) is 23.0 Å². The van der Waals surface area contributed by atoms with Crippen LogP contribution >= 0.6 is 0 Å².